The molecule has 7 heteroatoms. The molecular weight excluding hydrogens is 559 g/mol. The van der Waals surface area contributed by atoms with Crippen molar-refractivity contribution in [3.05, 3.63) is 79.4 Å². The number of fused-ring (bicyclic) bond motifs is 3. The molecule has 1 aliphatic rings. The molecule has 1 amide bonds. The fraction of sp³-hybridized carbons (Fsp3) is 0.457. The van der Waals surface area contributed by atoms with Crippen LogP contribution in [0.3, 0.4) is 0 Å². The van der Waals surface area contributed by atoms with E-state index in [1.165, 1.54) is 22.2 Å². The Kier molecular flexibility index (Phi) is 8.47. The van der Waals surface area contributed by atoms with Crippen LogP contribution < -0.4 is 10.9 Å². The minimum Gasteiger partial charge on any atom is -0.325 e. The summed E-state index contributed by atoms with van der Waals surface area (Å²) in [7, 11) is 0. The molecule has 4 aromatic rings. The van der Waals surface area contributed by atoms with Gasteiger partial charge in [0.05, 0.1) is 16.3 Å². The van der Waals surface area contributed by atoms with Gasteiger partial charge in [0.15, 0.2) is 5.16 Å². The van der Waals surface area contributed by atoms with E-state index in [2.05, 4.69) is 46.0 Å². The fourth-order valence-electron chi connectivity index (χ4n) is 6.16. The second-order valence-corrected chi connectivity index (χ2v) is 15.6. The molecule has 2 aromatic carbocycles. The van der Waals surface area contributed by atoms with Crippen LogP contribution in [0, 0.1) is 32.1 Å². The van der Waals surface area contributed by atoms with E-state index in [-0.39, 0.29) is 22.8 Å². The predicted octanol–water partition coefficient (Wildman–Crippen LogP) is 8.77. The quantitative estimate of drug-likeness (QED) is 0.177. The molecule has 0 saturated carbocycles. The molecule has 42 heavy (non-hydrogen) atoms. The third-order valence-corrected chi connectivity index (χ3v) is 11.0. The van der Waals surface area contributed by atoms with Gasteiger partial charge >= 0.3 is 0 Å². The summed E-state index contributed by atoms with van der Waals surface area (Å²) < 4.78 is 1.78. The summed E-state index contributed by atoms with van der Waals surface area (Å²) in [6.45, 7) is 19.2. The van der Waals surface area contributed by atoms with Crippen molar-refractivity contribution in [2.75, 3.05) is 5.32 Å². The lowest BCUT2D eigenvalue weighted by molar-refractivity contribution is -0.115. The molecule has 2 unspecified atom stereocenters. The third-order valence-electron chi connectivity index (χ3n) is 8.77. The number of thiophene rings is 1. The van der Waals surface area contributed by atoms with Crippen LogP contribution in [0.25, 0.3) is 15.9 Å². The van der Waals surface area contributed by atoms with Gasteiger partial charge in [-0.1, -0.05) is 82.8 Å². The number of aromatic nitrogens is 2. The molecule has 0 radical (unpaired) electrons. The van der Waals surface area contributed by atoms with Crippen LogP contribution in [0.15, 0.2) is 46.3 Å². The SMILES string of the molecule is Cc1cccc(C(C)C)c1NC(=O)C(C)Sc1nc2sc3c(c2c(=O)n1-c1c(C)cccc1C)CCC(C(C)(C)C)C3. The van der Waals surface area contributed by atoms with Crippen molar-refractivity contribution < 1.29 is 4.79 Å². The molecule has 0 bridgehead atoms. The topological polar surface area (TPSA) is 64.0 Å². The summed E-state index contributed by atoms with van der Waals surface area (Å²) in [5.74, 6) is 0.759. The number of aryl methyl sites for hydroxylation is 4. The van der Waals surface area contributed by atoms with Gasteiger partial charge in [-0.15, -0.1) is 11.3 Å². The number of hydrogen-bond donors (Lipinski definition) is 1. The molecule has 0 saturated heterocycles. The zero-order valence-corrected chi connectivity index (χ0v) is 28.0. The number of thioether (sulfide) groups is 1. The lowest BCUT2D eigenvalue weighted by Crippen LogP contribution is -2.28. The normalized spacial score (nSPS) is 16.1. The molecule has 5 nitrogen and oxygen atoms in total. The van der Waals surface area contributed by atoms with Gasteiger partial charge in [-0.3, -0.25) is 14.2 Å². The second-order valence-electron chi connectivity index (χ2n) is 13.2. The molecule has 0 fully saturated rings. The van der Waals surface area contributed by atoms with Crippen LogP contribution in [-0.4, -0.2) is 20.7 Å². The molecule has 222 valence electrons. The Balaban J connectivity index is 1.60. The lowest BCUT2D eigenvalue weighted by atomic mass is 9.72. The highest BCUT2D eigenvalue weighted by Crippen LogP contribution is 2.43. The third kappa shape index (κ3) is 5.70. The van der Waals surface area contributed by atoms with Crippen LogP contribution in [0.1, 0.15) is 86.6 Å². The Morgan fingerprint density at radius 2 is 1.69 bits per heavy atom. The molecule has 1 aliphatic carbocycles. The van der Waals surface area contributed by atoms with Crippen molar-refractivity contribution in [3.8, 4) is 5.69 Å². The van der Waals surface area contributed by atoms with Crippen molar-refractivity contribution in [2.24, 2.45) is 11.3 Å². The van der Waals surface area contributed by atoms with Gasteiger partial charge in [0.2, 0.25) is 5.91 Å². The highest BCUT2D eigenvalue weighted by atomic mass is 32.2. The predicted molar refractivity (Wildman–Crippen MR) is 179 cm³/mol. The molecule has 0 aliphatic heterocycles. The van der Waals surface area contributed by atoms with Gasteiger partial charge in [-0.05, 0) is 92.0 Å². The number of amides is 1. The average Bonchev–Trinajstić information content (AvgIpc) is 3.28. The van der Waals surface area contributed by atoms with Crippen molar-refractivity contribution in [1.82, 2.24) is 9.55 Å². The van der Waals surface area contributed by atoms with Crippen molar-refractivity contribution in [3.63, 3.8) is 0 Å². The maximum absolute atomic E-state index is 14.5. The highest BCUT2D eigenvalue weighted by molar-refractivity contribution is 8.00. The largest absolute Gasteiger partial charge is 0.325 e. The van der Waals surface area contributed by atoms with E-state index in [0.29, 0.717) is 11.1 Å². The van der Waals surface area contributed by atoms with Crippen molar-refractivity contribution >= 4 is 44.9 Å². The summed E-state index contributed by atoms with van der Waals surface area (Å²) in [4.78, 5) is 35.3. The highest BCUT2D eigenvalue weighted by Gasteiger charge is 2.33. The first-order chi connectivity index (χ1) is 19.8. The number of para-hydroxylation sites is 2. The number of rotatable bonds is 6. The van der Waals surface area contributed by atoms with E-state index >= 15 is 0 Å². The van der Waals surface area contributed by atoms with E-state index in [0.717, 1.165) is 63.1 Å². The summed E-state index contributed by atoms with van der Waals surface area (Å²) >= 11 is 3.02. The van der Waals surface area contributed by atoms with Gasteiger partial charge in [0.25, 0.3) is 5.56 Å². The minimum absolute atomic E-state index is 0.0276. The molecule has 2 heterocycles. The van der Waals surface area contributed by atoms with Crippen LogP contribution in [0.5, 0.6) is 0 Å². The zero-order valence-electron chi connectivity index (χ0n) is 26.3. The van der Waals surface area contributed by atoms with Gasteiger partial charge in [-0.25, -0.2) is 4.98 Å². The standard InChI is InChI=1S/C35H43N3O2S2/c1-19(2)25-15-11-12-20(3)29(25)36-31(39)23(6)41-34-37-32-28(26-17-16-24(35(7,8)9)18-27(26)42-32)33(40)38(34)30-21(4)13-10-14-22(30)5/h10-15,19,23-24H,16-18H2,1-9H3,(H,36,39). The number of carbonyl (C=O) groups is 1. The Bertz CT molecular complexity index is 1700. The van der Waals surface area contributed by atoms with Crippen molar-refractivity contribution in [2.45, 2.75) is 97.9 Å². The average molecular weight is 602 g/mol. The second kappa shape index (κ2) is 11.6. The van der Waals surface area contributed by atoms with Gasteiger partial charge < -0.3 is 5.32 Å². The monoisotopic (exact) mass is 601 g/mol. The molecule has 5 rings (SSSR count). The summed E-state index contributed by atoms with van der Waals surface area (Å²) in [6.07, 6.45) is 2.97. The number of nitrogens with one attached hydrogen (secondary N) is 1. The Hall–Kier alpha value is -2.90. The number of benzene rings is 2. The summed E-state index contributed by atoms with van der Waals surface area (Å²) in [5, 5.41) is 4.05. The van der Waals surface area contributed by atoms with E-state index < -0.39 is 5.25 Å². The van der Waals surface area contributed by atoms with E-state index in [9.17, 15) is 9.59 Å². The maximum atomic E-state index is 14.5. The smallest absolute Gasteiger partial charge is 0.267 e. The van der Waals surface area contributed by atoms with Crippen LogP contribution in [-0.2, 0) is 17.6 Å². The minimum atomic E-state index is -0.468. The molecule has 1 N–H and O–H groups in total. The van der Waals surface area contributed by atoms with Gasteiger partial charge in [-0.2, -0.15) is 0 Å². The van der Waals surface area contributed by atoms with Gasteiger partial charge in [0.1, 0.15) is 4.83 Å². The Labute approximate surface area is 258 Å². The van der Waals surface area contributed by atoms with E-state index in [1.807, 2.05) is 58.0 Å². The lowest BCUT2D eigenvalue weighted by Gasteiger charge is -2.33. The molecular formula is C35H43N3O2S2. The molecule has 0 spiro atoms. The Morgan fingerprint density at radius 3 is 2.33 bits per heavy atom. The zero-order chi connectivity index (χ0) is 30.5. The van der Waals surface area contributed by atoms with Crippen molar-refractivity contribution in [1.29, 1.82) is 0 Å². The Morgan fingerprint density at radius 1 is 1.05 bits per heavy atom. The maximum Gasteiger partial charge on any atom is 0.267 e. The summed E-state index contributed by atoms with van der Waals surface area (Å²) in [6, 6.07) is 12.2. The first-order valence-electron chi connectivity index (χ1n) is 15.0. The van der Waals surface area contributed by atoms with Crippen LogP contribution in [0.4, 0.5) is 5.69 Å². The molecule has 2 atom stereocenters. The van der Waals surface area contributed by atoms with E-state index in [4.69, 9.17) is 4.98 Å². The molecule has 2 aromatic heterocycles. The number of anilines is 1. The van der Waals surface area contributed by atoms with E-state index in [1.54, 1.807) is 15.9 Å². The number of carbonyl (C=O) groups excluding carboxylic acids is 1. The summed E-state index contributed by atoms with van der Waals surface area (Å²) in [5.41, 5.74) is 7.27. The first-order valence-corrected chi connectivity index (χ1v) is 16.7. The fourth-order valence-corrected chi connectivity index (χ4v) is 8.41. The number of nitrogens with zero attached hydrogens (tertiary/aromatic N) is 2. The first kappa shape index (κ1) is 30.6. The van der Waals surface area contributed by atoms with Gasteiger partial charge in [0, 0.05) is 10.6 Å². The number of hydrogen-bond acceptors (Lipinski definition) is 5. The van der Waals surface area contributed by atoms with Crippen LogP contribution in [0.2, 0.25) is 0 Å². The van der Waals surface area contributed by atoms with Crippen LogP contribution >= 0.6 is 23.1 Å².